The normalized spacial score (nSPS) is 20.3. The molecule has 1 aliphatic heterocycles. The maximum absolute atomic E-state index is 13.2. The predicted octanol–water partition coefficient (Wildman–Crippen LogP) is 2.86. The van der Waals surface area contributed by atoms with E-state index in [1.54, 1.807) is 6.07 Å². The third-order valence-electron chi connectivity index (χ3n) is 3.84. The van der Waals surface area contributed by atoms with Crippen LogP contribution in [0.2, 0.25) is 0 Å². The molecule has 3 rings (SSSR count). The van der Waals surface area contributed by atoms with Gasteiger partial charge in [-0.3, -0.25) is 9.69 Å². The Morgan fingerprint density at radius 2 is 2.19 bits per heavy atom. The molecule has 5 heteroatoms. The van der Waals surface area contributed by atoms with Crippen LogP contribution in [0.4, 0.5) is 4.39 Å². The van der Waals surface area contributed by atoms with Crippen LogP contribution in [0.15, 0.2) is 28.7 Å². The molecule has 0 bridgehead atoms. The number of rotatable bonds is 3. The van der Waals surface area contributed by atoms with Crippen LogP contribution < -0.4 is 0 Å². The van der Waals surface area contributed by atoms with E-state index >= 15 is 0 Å². The van der Waals surface area contributed by atoms with Gasteiger partial charge < -0.3 is 9.15 Å². The van der Waals surface area contributed by atoms with Crippen molar-refractivity contribution in [1.82, 2.24) is 4.90 Å². The van der Waals surface area contributed by atoms with Crippen LogP contribution in [0, 0.1) is 5.82 Å². The highest BCUT2D eigenvalue weighted by Gasteiger charge is 2.30. The molecular formula is C16H18FNO3. The van der Waals surface area contributed by atoms with Gasteiger partial charge >= 0.3 is 0 Å². The Labute approximate surface area is 122 Å². The van der Waals surface area contributed by atoms with Gasteiger partial charge in [-0.15, -0.1) is 0 Å². The van der Waals surface area contributed by atoms with Gasteiger partial charge in [-0.1, -0.05) is 0 Å². The van der Waals surface area contributed by atoms with Gasteiger partial charge in [0.1, 0.15) is 17.5 Å². The van der Waals surface area contributed by atoms with Crippen molar-refractivity contribution in [3.8, 4) is 0 Å². The zero-order chi connectivity index (χ0) is 15.0. The third kappa shape index (κ3) is 2.84. The first-order valence-corrected chi connectivity index (χ1v) is 7.13. The van der Waals surface area contributed by atoms with Gasteiger partial charge in [0.15, 0.2) is 5.76 Å². The maximum atomic E-state index is 13.2. The van der Waals surface area contributed by atoms with E-state index in [-0.39, 0.29) is 17.4 Å². The molecule has 1 aromatic heterocycles. The Kier molecular flexibility index (Phi) is 3.78. The van der Waals surface area contributed by atoms with Crippen LogP contribution in [0.3, 0.4) is 0 Å². The quantitative estimate of drug-likeness (QED) is 0.816. The van der Waals surface area contributed by atoms with E-state index in [0.717, 1.165) is 6.54 Å². The molecule has 2 aromatic rings. The first-order valence-electron chi connectivity index (χ1n) is 7.13. The standard InChI is InChI=1S/C16H18FNO3/c1-10(2)18-5-6-20-15(9-18)16(19)14-8-11-7-12(17)3-4-13(11)21-14/h3-4,7-8,10,15H,5-6,9H2,1-2H3. The number of ketones is 1. The minimum atomic E-state index is -0.522. The second-order valence-electron chi connectivity index (χ2n) is 5.61. The largest absolute Gasteiger partial charge is 0.453 e. The summed E-state index contributed by atoms with van der Waals surface area (Å²) in [5, 5.41) is 0.592. The molecule has 1 fully saturated rings. The lowest BCUT2D eigenvalue weighted by Crippen LogP contribution is -2.48. The number of carbonyl (C=O) groups excluding carboxylic acids is 1. The first-order chi connectivity index (χ1) is 10.0. The van der Waals surface area contributed by atoms with Crippen molar-refractivity contribution in [2.75, 3.05) is 19.7 Å². The third-order valence-corrected chi connectivity index (χ3v) is 3.84. The Morgan fingerprint density at radius 1 is 1.38 bits per heavy atom. The molecule has 1 aliphatic rings. The summed E-state index contributed by atoms with van der Waals surface area (Å²) in [4.78, 5) is 14.7. The molecule has 1 atom stereocenters. The maximum Gasteiger partial charge on any atom is 0.227 e. The fourth-order valence-corrected chi connectivity index (χ4v) is 2.59. The van der Waals surface area contributed by atoms with E-state index in [0.29, 0.717) is 30.2 Å². The average molecular weight is 291 g/mol. The van der Waals surface area contributed by atoms with E-state index in [1.165, 1.54) is 18.2 Å². The van der Waals surface area contributed by atoms with Crippen molar-refractivity contribution in [2.24, 2.45) is 0 Å². The van der Waals surface area contributed by atoms with E-state index < -0.39 is 6.10 Å². The van der Waals surface area contributed by atoms with Crippen molar-refractivity contribution in [3.63, 3.8) is 0 Å². The minimum absolute atomic E-state index is 0.183. The Hall–Kier alpha value is -1.72. The van der Waals surface area contributed by atoms with Gasteiger partial charge in [-0.2, -0.15) is 0 Å². The van der Waals surface area contributed by atoms with E-state index in [2.05, 4.69) is 18.7 Å². The molecule has 4 nitrogen and oxygen atoms in total. The average Bonchev–Trinajstić information content (AvgIpc) is 2.89. The second kappa shape index (κ2) is 5.58. The zero-order valence-corrected chi connectivity index (χ0v) is 12.1. The van der Waals surface area contributed by atoms with Crippen LogP contribution >= 0.6 is 0 Å². The van der Waals surface area contributed by atoms with Crippen LogP contribution in [-0.4, -0.2) is 42.5 Å². The summed E-state index contributed by atoms with van der Waals surface area (Å²) < 4.78 is 24.3. The number of hydrogen-bond acceptors (Lipinski definition) is 4. The highest BCUT2D eigenvalue weighted by atomic mass is 19.1. The van der Waals surface area contributed by atoms with Crippen LogP contribution in [-0.2, 0) is 4.74 Å². The molecule has 0 amide bonds. The van der Waals surface area contributed by atoms with Crippen molar-refractivity contribution in [1.29, 1.82) is 0 Å². The van der Waals surface area contributed by atoms with E-state index in [4.69, 9.17) is 9.15 Å². The number of fused-ring (bicyclic) bond motifs is 1. The molecule has 112 valence electrons. The van der Waals surface area contributed by atoms with Crippen LogP contribution in [0.5, 0.6) is 0 Å². The summed E-state index contributed by atoms with van der Waals surface area (Å²) in [6, 6.07) is 6.16. The summed E-state index contributed by atoms with van der Waals surface area (Å²) in [7, 11) is 0. The van der Waals surface area contributed by atoms with Crippen molar-refractivity contribution in [2.45, 2.75) is 26.0 Å². The van der Waals surface area contributed by atoms with Gasteiger partial charge in [0.2, 0.25) is 5.78 Å². The number of halogens is 1. The fraction of sp³-hybridized carbons (Fsp3) is 0.438. The molecule has 2 heterocycles. The van der Waals surface area contributed by atoms with Crippen molar-refractivity contribution >= 4 is 16.8 Å². The molecule has 1 saturated heterocycles. The Balaban J connectivity index is 1.82. The number of morpholine rings is 1. The van der Waals surface area contributed by atoms with Gasteiger partial charge in [-0.05, 0) is 38.1 Å². The second-order valence-corrected chi connectivity index (χ2v) is 5.61. The number of benzene rings is 1. The van der Waals surface area contributed by atoms with Crippen LogP contribution in [0.25, 0.3) is 11.0 Å². The highest BCUT2D eigenvalue weighted by Crippen LogP contribution is 2.23. The van der Waals surface area contributed by atoms with Gasteiger partial charge in [-0.25, -0.2) is 4.39 Å². The molecule has 0 N–H and O–H groups in total. The molecule has 0 aliphatic carbocycles. The number of furan rings is 1. The highest BCUT2D eigenvalue weighted by molar-refractivity contribution is 6.00. The van der Waals surface area contributed by atoms with Crippen LogP contribution in [0.1, 0.15) is 24.4 Å². The summed E-state index contributed by atoms with van der Waals surface area (Å²) in [6.45, 7) is 6.10. The molecule has 1 unspecified atom stereocenters. The number of nitrogens with zero attached hydrogens (tertiary/aromatic N) is 1. The fourth-order valence-electron chi connectivity index (χ4n) is 2.59. The number of hydrogen-bond donors (Lipinski definition) is 0. The molecular weight excluding hydrogens is 273 g/mol. The summed E-state index contributed by atoms with van der Waals surface area (Å²) in [6.07, 6.45) is -0.522. The molecule has 0 spiro atoms. The zero-order valence-electron chi connectivity index (χ0n) is 12.1. The monoisotopic (exact) mass is 291 g/mol. The summed E-state index contributed by atoms with van der Waals surface area (Å²) in [5.41, 5.74) is 0.510. The lowest BCUT2D eigenvalue weighted by Gasteiger charge is -2.34. The van der Waals surface area contributed by atoms with Crippen molar-refractivity contribution < 1.29 is 18.3 Å². The van der Waals surface area contributed by atoms with E-state index in [9.17, 15) is 9.18 Å². The minimum Gasteiger partial charge on any atom is -0.453 e. The van der Waals surface area contributed by atoms with Gasteiger partial charge in [0.05, 0.1) is 6.61 Å². The number of carbonyl (C=O) groups is 1. The van der Waals surface area contributed by atoms with Gasteiger partial charge in [0.25, 0.3) is 0 Å². The number of ether oxygens (including phenoxy) is 1. The van der Waals surface area contributed by atoms with E-state index in [1.807, 2.05) is 0 Å². The molecule has 0 radical (unpaired) electrons. The Bertz CT molecular complexity index is 665. The van der Waals surface area contributed by atoms with Crippen molar-refractivity contribution in [3.05, 3.63) is 35.8 Å². The predicted molar refractivity (Wildman–Crippen MR) is 77.0 cm³/mol. The first kappa shape index (κ1) is 14.2. The lowest BCUT2D eigenvalue weighted by atomic mass is 10.1. The number of Topliss-reactive ketones (excluding diaryl/α,β-unsaturated/α-hetero) is 1. The summed E-state index contributed by atoms with van der Waals surface area (Å²) >= 11 is 0. The topological polar surface area (TPSA) is 42.7 Å². The Morgan fingerprint density at radius 3 is 2.95 bits per heavy atom. The molecule has 1 aromatic carbocycles. The molecule has 21 heavy (non-hydrogen) atoms. The SMILES string of the molecule is CC(C)N1CCOC(C(=O)c2cc3cc(F)ccc3o2)C1. The molecule has 0 saturated carbocycles. The lowest BCUT2D eigenvalue weighted by molar-refractivity contribution is -0.0266. The summed E-state index contributed by atoms with van der Waals surface area (Å²) in [5.74, 6) is -0.301. The smallest absolute Gasteiger partial charge is 0.227 e. The van der Waals surface area contributed by atoms with Gasteiger partial charge in [0, 0.05) is 24.5 Å².